The van der Waals surface area contributed by atoms with Crippen LogP contribution >= 0.6 is 24.2 Å². The molecule has 1 amide bonds. The van der Waals surface area contributed by atoms with E-state index in [1.54, 1.807) is 0 Å². The fraction of sp³-hybridized carbons (Fsp3) is 0.500. The van der Waals surface area contributed by atoms with Gasteiger partial charge in [0.1, 0.15) is 0 Å². The van der Waals surface area contributed by atoms with Crippen LogP contribution in [0.25, 0.3) is 0 Å². The van der Waals surface area contributed by atoms with Gasteiger partial charge in [0.25, 0.3) is 5.91 Å². The molecule has 0 bridgehead atoms. The van der Waals surface area contributed by atoms with Crippen molar-refractivity contribution in [2.75, 3.05) is 19.6 Å². The Kier molecular flexibility index (Phi) is 5.63. The van der Waals surface area contributed by atoms with Crippen LogP contribution in [0.3, 0.4) is 0 Å². The van der Waals surface area contributed by atoms with Gasteiger partial charge < -0.3 is 5.32 Å². The lowest BCUT2D eigenvalue weighted by atomic mass is 10.1. The minimum Gasteiger partial charge on any atom is -0.351 e. The van der Waals surface area contributed by atoms with E-state index in [9.17, 15) is 18.0 Å². The van der Waals surface area contributed by atoms with Gasteiger partial charge in [0.05, 0.1) is 21.5 Å². The van der Waals surface area contributed by atoms with E-state index >= 15 is 0 Å². The number of carbonyl (C=O) groups excluding carboxylic acids is 1. The molecule has 1 heterocycles. The number of hydrogen-bond acceptors (Lipinski definition) is 3. The summed E-state index contributed by atoms with van der Waals surface area (Å²) in [7, 11) is 0. The highest BCUT2D eigenvalue weighted by molar-refractivity contribution is 7.80. The maximum atomic E-state index is 12.8. The average molecular weight is 353 g/mol. The molecular formula is C14H16ClF3N2OS. The second kappa shape index (κ2) is 7.10. The number of rotatable bonds is 4. The van der Waals surface area contributed by atoms with Crippen molar-refractivity contribution in [3.63, 3.8) is 0 Å². The van der Waals surface area contributed by atoms with Gasteiger partial charge in [-0.05, 0) is 31.5 Å². The summed E-state index contributed by atoms with van der Waals surface area (Å²) >= 11 is 10.1. The number of benzene rings is 1. The number of nitrogens with one attached hydrogen (secondary N) is 1. The number of thiol groups is 1. The molecule has 1 unspecified atom stereocenters. The van der Waals surface area contributed by atoms with Crippen molar-refractivity contribution in [1.29, 1.82) is 0 Å². The smallest absolute Gasteiger partial charge is 0.351 e. The Hall–Kier alpha value is -0.920. The Morgan fingerprint density at radius 2 is 2.18 bits per heavy atom. The molecule has 1 aromatic carbocycles. The van der Waals surface area contributed by atoms with E-state index in [0.29, 0.717) is 13.1 Å². The molecule has 0 radical (unpaired) electrons. The number of carbonyl (C=O) groups is 1. The Labute approximate surface area is 137 Å². The number of halogens is 4. The first-order valence-electron chi connectivity index (χ1n) is 6.86. The molecule has 0 spiro atoms. The number of hydrogen-bond donors (Lipinski definition) is 2. The van der Waals surface area contributed by atoms with Gasteiger partial charge in [0.15, 0.2) is 0 Å². The Balaban J connectivity index is 1.98. The molecule has 1 aliphatic rings. The van der Waals surface area contributed by atoms with Crippen LogP contribution < -0.4 is 5.32 Å². The van der Waals surface area contributed by atoms with Gasteiger partial charge in [-0.2, -0.15) is 25.8 Å². The molecule has 8 heteroatoms. The van der Waals surface area contributed by atoms with Gasteiger partial charge in [-0.3, -0.25) is 9.69 Å². The van der Waals surface area contributed by atoms with E-state index in [1.165, 1.54) is 12.1 Å². The van der Waals surface area contributed by atoms with E-state index in [-0.39, 0.29) is 10.9 Å². The van der Waals surface area contributed by atoms with Crippen LogP contribution in [0, 0.1) is 0 Å². The number of nitrogens with zero attached hydrogens (tertiary/aromatic N) is 1. The lowest BCUT2D eigenvalue weighted by molar-refractivity contribution is -0.137. The molecular weight excluding hydrogens is 337 g/mol. The van der Waals surface area contributed by atoms with Crippen LogP contribution in [-0.2, 0) is 6.18 Å². The predicted octanol–water partition coefficient (Wildman–Crippen LogP) is 3.44. The zero-order valence-electron chi connectivity index (χ0n) is 11.7. The van der Waals surface area contributed by atoms with Gasteiger partial charge in [-0.15, -0.1) is 0 Å². The molecule has 0 aromatic heterocycles. The molecule has 1 N–H and O–H groups in total. The zero-order valence-corrected chi connectivity index (χ0v) is 13.3. The lowest BCUT2D eigenvalue weighted by Gasteiger charge is -2.20. The maximum Gasteiger partial charge on any atom is 0.417 e. The summed E-state index contributed by atoms with van der Waals surface area (Å²) in [6.07, 6.45) is -2.53. The summed E-state index contributed by atoms with van der Waals surface area (Å²) in [5, 5.41) is 2.21. The molecule has 1 saturated heterocycles. The summed E-state index contributed by atoms with van der Waals surface area (Å²) in [6, 6.07) is 3.31. The first-order valence-corrected chi connectivity index (χ1v) is 7.76. The van der Waals surface area contributed by atoms with Crippen LogP contribution in [0.5, 0.6) is 0 Å². The highest BCUT2D eigenvalue weighted by atomic mass is 35.5. The van der Waals surface area contributed by atoms with E-state index in [0.717, 1.165) is 25.5 Å². The van der Waals surface area contributed by atoms with E-state index < -0.39 is 22.7 Å². The molecule has 3 nitrogen and oxygen atoms in total. The Morgan fingerprint density at radius 1 is 1.45 bits per heavy atom. The number of likely N-dealkylation sites (tertiary alicyclic amines) is 1. The summed E-state index contributed by atoms with van der Waals surface area (Å²) in [5.74, 6) is -0.606. The van der Waals surface area contributed by atoms with Crippen molar-refractivity contribution in [3.8, 4) is 0 Å². The summed E-state index contributed by atoms with van der Waals surface area (Å²) < 4.78 is 38.3. The number of amides is 1. The molecule has 122 valence electrons. The van der Waals surface area contributed by atoms with Crippen LogP contribution in [0.2, 0.25) is 5.02 Å². The first kappa shape index (κ1) is 17.4. The molecule has 0 aliphatic carbocycles. The number of alkyl halides is 3. The first-order chi connectivity index (χ1) is 10.3. The third-order valence-electron chi connectivity index (χ3n) is 3.56. The third-order valence-corrected chi connectivity index (χ3v) is 4.55. The van der Waals surface area contributed by atoms with Crippen LogP contribution in [-0.4, -0.2) is 35.8 Å². The van der Waals surface area contributed by atoms with Crippen LogP contribution in [0.1, 0.15) is 28.8 Å². The Bertz CT molecular complexity index is 553. The second-order valence-electron chi connectivity index (χ2n) is 5.08. The molecule has 1 fully saturated rings. The van der Waals surface area contributed by atoms with Gasteiger partial charge in [0, 0.05) is 13.1 Å². The van der Waals surface area contributed by atoms with E-state index in [2.05, 4.69) is 22.8 Å². The largest absolute Gasteiger partial charge is 0.417 e. The molecule has 0 saturated carbocycles. The quantitative estimate of drug-likeness (QED) is 0.814. The molecule has 1 atom stereocenters. The monoisotopic (exact) mass is 352 g/mol. The van der Waals surface area contributed by atoms with Crippen LogP contribution in [0.15, 0.2) is 18.2 Å². The van der Waals surface area contributed by atoms with Crippen LogP contribution in [0.4, 0.5) is 13.2 Å². The normalized spacial score (nSPS) is 19.4. The standard InChI is InChI=1S/C14H16ClF3N2OS/c15-12-9(3-1-4-10(12)14(16,17)18)13(21)19-6-8-20-7-2-5-11(20)22/h1,3-4,11,22H,2,5-8H2,(H,19,21). The maximum absolute atomic E-state index is 12.8. The fourth-order valence-corrected chi connectivity index (χ4v) is 3.14. The van der Waals surface area contributed by atoms with Crippen molar-refractivity contribution >= 4 is 30.1 Å². The van der Waals surface area contributed by atoms with Crippen molar-refractivity contribution in [1.82, 2.24) is 10.2 Å². The van der Waals surface area contributed by atoms with E-state index in [1.807, 2.05) is 0 Å². The summed E-state index contributed by atoms with van der Waals surface area (Å²) in [6.45, 7) is 1.85. The fourth-order valence-electron chi connectivity index (χ4n) is 2.40. The molecule has 1 aromatic rings. The highest BCUT2D eigenvalue weighted by Crippen LogP contribution is 2.36. The van der Waals surface area contributed by atoms with Gasteiger partial charge in [-0.1, -0.05) is 17.7 Å². The van der Waals surface area contributed by atoms with Gasteiger partial charge in [-0.25, -0.2) is 0 Å². The minimum absolute atomic E-state index is 0.166. The predicted molar refractivity (Wildman–Crippen MR) is 82.4 cm³/mol. The molecule has 1 aliphatic heterocycles. The second-order valence-corrected chi connectivity index (χ2v) is 6.05. The van der Waals surface area contributed by atoms with Crippen molar-refractivity contribution in [2.24, 2.45) is 0 Å². The zero-order chi connectivity index (χ0) is 16.3. The van der Waals surface area contributed by atoms with Crippen molar-refractivity contribution < 1.29 is 18.0 Å². The summed E-state index contributed by atoms with van der Waals surface area (Å²) in [4.78, 5) is 14.1. The van der Waals surface area contributed by atoms with Crippen molar-refractivity contribution in [2.45, 2.75) is 24.4 Å². The van der Waals surface area contributed by atoms with Crippen molar-refractivity contribution in [3.05, 3.63) is 34.3 Å². The average Bonchev–Trinajstić information content (AvgIpc) is 2.83. The SMILES string of the molecule is O=C(NCCN1CCCC1S)c1cccc(C(F)(F)F)c1Cl. The topological polar surface area (TPSA) is 32.3 Å². The summed E-state index contributed by atoms with van der Waals surface area (Å²) in [5.41, 5.74) is -1.17. The van der Waals surface area contributed by atoms with Gasteiger partial charge in [0.2, 0.25) is 0 Å². The Morgan fingerprint density at radius 3 is 2.77 bits per heavy atom. The third kappa shape index (κ3) is 4.08. The van der Waals surface area contributed by atoms with E-state index in [4.69, 9.17) is 11.6 Å². The van der Waals surface area contributed by atoms with Gasteiger partial charge >= 0.3 is 6.18 Å². The molecule has 2 rings (SSSR count). The lowest BCUT2D eigenvalue weighted by Crippen LogP contribution is -2.36. The minimum atomic E-state index is -4.58. The highest BCUT2D eigenvalue weighted by Gasteiger charge is 2.34. The molecule has 22 heavy (non-hydrogen) atoms.